The highest BCUT2D eigenvalue weighted by Gasteiger charge is 2.52. The van der Waals surface area contributed by atoms with Crippen LogP contribution in [-0.4, -0.2) is 35.8 Å². The molecule has 0 unspecified atom stereocenters. The molecule has 0 saturated carbocycles. The Labute approximate surface area is 151 Å². The molecule has 1 aliphatic heterocycles. The van der Waals surface area contributed by atoms with Gasteiger partial charge in [-0.05, 0) is 39.2 Å². The van der Waals surface area contributed by atoms with Gasteiger partial charge in [0.15, 0.2) is 0 Å². The van der Waals surface area contributed by atoms with E-state index in [2.05, 4.69) is 10.3 Å². The largest absolute Gasteiger partial charge is 0.492 e. The number of nitrogens with zero attached hydrogens (tertiary/aromatic N) is 1. The minimum Gasteiger partial charge on any atom is -0.400 e. The van der Waals surface area contributed by atoms with Crippen LogP contribution in [-0.2, 0) is 20.3 Å². The number of alkyl halides is 3. The Kier molecular flexibility index (Phi) is 5.53. The van der Waals surface area contributed by atoms with Crippen molar-refractivity contribution in [2.75, 3.05) is 6.54 Å². The lowest BCUT2D eigenvalue weighted by atomic mass is 9.76. The number of halogens is 3. The lowest BCUT2D eigenvalue weighted by molar-refractivity contribution is -0.137. The van der Waals surface area contributed by atoms with Crippen molar-refractivity contribution in [1.82, 2.24) is 10.3 Å². The number of aromatic nitrogens is 1. The molecule has 1 fully saturated rings. The highest BCUT2D eigenvalue weighted by atomic mass is 19.4. The maximum atomic E-state index is 13.2. The molecule has 2 rings (SSSR count). The summed E-state index contributed by atoms with van der Waals surface area (Å²) in [5.41, 5.74) is -1.87. The zero-order valence-corrected chi connectivity index (χ0v) is 15.4. The maximum Gasteiger partial charge on any atom is 0.492 e. The second-order valence-electron chi connectivity index (χ2n) is 7.18. The van der Waals surface area contributed by atoms with Crippen molar-refractivity contribution in [3.8, 4) is 0 Å². The smallest absolute Gasteiger partial charge is 0.400 e. The highest BCUT2D eigenvalue weighted by molar-refractivity contribution is 6.56. The number of pyridine rings is 1. The normalized spacial score (nSPS) is 19.5. The molecule has 9 heteroatoms. The Morgan fingerprint density at radius 2 is 1.85 bits per heavy atom. The fourth-order valence-corrected chi connectivity index (χ4v) is 2.40. The molecule has 1 N–H and O–H groups in total. The summed E-state index contributed by atoms with van der Waals surface area (Å²) in [6.45, 7) is 8.69. The van der Waals surface area contributed by atoms with Crippen molar-refractivity contribution in [3.05, 3.63) is 35.1 Å². The van der Waals surface area contributed by atoms with Gasteiger partial charge in [0.2, 0.25) is 5.91 Å². The van der Waals surface area contributed by atoms with Gasteiger partial charge in [0.1, 0.15) is 0 Å². The number of nitrogens with one attached hydrogen (secondary N) is 1. The van der Waals surface area contributed by atoms with Crippen molar-refractivity contribution >= 4 is 19.1 Å². The summed E-state index contributed by atoms with van der Waals surface area (Å²) in [7, 11) is -0.881. The van der Waals surface area contributed by atoms with Gasteiger partial charge in [-0.2, -0.15) is 13.2 Å². The lowest BCUT2D eigenvalue weighted by Gasteiger charge is -2.32. The second-order valence-corrected chi connectivity index (χ2v) is 7.18. The molecule has 0 bridgehead atoms. The van der Waals surface area contributed by atoms with Crippen molar-refractivity contribution in [2.24, 2.45) is 0 Å². The fraction of sp³-hybridized carbons (Fsp3) is 0.529. The monoisotopic (exact) mass is 370 g/mol. The van der Waals surface area contributed by atoms with E-state index in [1.54, 1.807) is 0 Å². The van der Waals surface area contributed by atoms with Gasteiger partial charge >= 0.3 is 13.3 Å². The molecule has 26 heavy (non-hydrogen) atoms. The van der Waals surface area contributed by atoms with Crippen LogP contribution in [0.4, 0.5) is 13.2 Å². The van der Waals surface area contributed by atoms with Gasteiger partial charge in [-0.25, -0.2) is 0 Å². The van der Waals surface area contributed by atoms with Crippen LogP contribution in [0, 0.1) is 0 Å². The summed E-state index contributed by atoms with van der Waals surface area (Å²) in [6.07, 6.45) is -0.998. The van der Waals surface area contributed by atoms with Gasteiger partial charge in [-0.15, -0.1) is 0 Å². The van der Waals surface area contributed by atoms with Crippen LogP contribution in [0.5, 0.6) is 0 Å². The minimum atomic E-state index is -4.52. The van der Waals surface area contributed by atoms with E-state index in [4.69, 9.17) is 9.31 Å². The molecule has 1 aromatic rings. The third kappa shape index (κ3) is 4.45. The van der Waals surface area contributed by atoms with Crippen LogP contribution in [0.3, 0.4) is 0 Å². The van der Waals surface area contributed by atoms with Gasteiger partial charge in [0.25, 0.3) is 0 Å². The SMILES string of the molecule is CC(=O)NCC(=Cc1cnccc1C(F)(F)F)B1OC(C)(C)C(C)(C)O1. The average Bonchev–Trinajstić information content (AvgIpc) is 2.71. The summed E-state index contributed by atoms with van der Waals surface area (Å²) in [5, 5.41) is 2.59. The Hall–Kier alpha value is -1.87. The molecular weight excluding hydrogens is 348 g/mol. The van der Waals surface area contributed by atoms with Gasteiger partial charge in [0.05, 0.1) is 16.8 Å². The average molecular weight is 370 g/mol. The summed E-state index contributed by atoms with van der Waals surface area (Å²) in [6, 6.07) is 0.909. The molecule has 1 amide bonds. The maximum absolute atomic E-state index is 13.2. The van der Waals surface area contributed by atoms with Gasteiger partial charge < -0.3 is 14.6 Å². The predicted octanol–water partition coefficient (Wildman–Crippen LogP) is 3.25. The van der Waals surface area contributed by atoms with E-state index in [-0.39, 0.29) is 18.0 Å². The molecule has 0 radical (unpaired) electrons. The molecule has 0 aromatic carbocycles. The van der Waals surface area contributed by atoms with Crippen LogP contribution in [0.1, 0.15) is 45.7 Å². The first-order valence-corrected chi connectivity index (χ1v) is 8.15. The quantitative estimate of drug-likeness (QED) is 0.827. The Bertz CT molecular complexity index is 701. The summed E-state index contributed by atoms with van der Waals surface area (Å²) >= 11 is 0. The predicted molar refractivity (Wildman–Crippen MR) is 92.0 cm³/mol. The van der Waals surface area contributed by atoms with Crippen molar-refractivity contribution in [3.63, 3.8) is 0 Å². The van der Waals surface area contributed by atoms with E-state index in [1.807, 2.05) is 27.7 Å². The van der Waals surface area contributed by atoms with Gasteiger partial charge in [0, 0.05) is 31.4 Å². The van der Waals surface area contributed by atoms with Gasteiger partial charge in [-0.3, -0.25) is 9.78 Å². The molecule has 5 nitrogen and oxygen atoms in total. The molecule has 0 atom stereocenters. The standard InChI is InChI=1S/C17H22BF3N2O3/c1-11(24)23-10-13(18-25-15(2,3)16(4,5)26-18)8-12-9-22-7-6-14(12)17(19,20)21/h6-9H,10H2,1-5H3,(H,23,24). The summed E-state index contributed by atoms with van der Waals surface area (Å²) in [4.78, 5) is 15.1. The molecule has 1 aromatic heterocycles. The van der Waals surface area contributed by atoms with E-state index in [9.17, 15) is 18.0 Å². The summed E-state index contributed by atoms with van der Waals surface area (Å²) < 4.78 is 51.6. The Morgan fingerprint density at radius 1 is 1.27 bits per heavy atom. The fourth-order valence-electron chi connectivity index (χ4n) is 2.40. The zero-order chi connectivity index (χ0) is 19.8. The zero-order valence-electron chi connectivity index (χ0n) is 15.4. The minimum absolute atomic E-state index is 0.00164. The van der Waals surface area contributed by atoms with E-state index >= 15 is 0 Å². The molecule has 1 aliphatic rings. The summed E-state index contributed by atoms with van der Waals surface area (Å²) in [5.74, 6) is -0.311. The van der Waals surface area contributed by atoms with Crippen molar-refractivity contribution < 1.29 is 27.3 Å². The lowest BCUT2D eigenvalue weighted by Crippen LogP contribution is -2.41. The van der Waals surface area contributed by atoms with Crippen LogP contribution < -0.4 is 5.32 Å². The molecule has 142 valence electrons. The van der Waals surface area contributed by atoms with Crippen molar-refractivity contribution in [1.29, 1.82) is 0 Å². The number of amides is 1. The van der Waals surface area contributed by atoms with E-state index in [1.165, 1.54) is 13.0 Å². The number of hydrogen-bond acceptors (Lipinski definition) is 4. The van der Waals surface area contributed by atoms with Crippen LogP contribution in [0.2, 0.25) is 0 Å². The first-order valence-electron chi connectivity index (χ1n) is 8.15. The second kappa shape index (κ2) is 7.04. The highest BCUT2D eigenvalue weighted by Crippen LogP contribution is 2.39. The molecule has 0 spiro atoms. The van der Waals surface area contributed by atoms with Gasteiger partial charge in [-0.1, -0.05) is 6.08 Å². The number of rotatable bonds is 4. The van der Waals surface area contributed by atoms with Crippen LogP contribution >= 0.6 is 0 Å². The first kappa shape index (κ1) is 20.4. The Balaban J connectivity index is 2.44. The van der Waals surface area contributed by atoms with E-state index < -0.39 is 30.1 Å². The molecular formula is C17H22BF3N2O3. The van der Waals surface area contributed by atoms with Crippen LogP contribution in [0.15, 0.2) is 23.9 Å². The van der Waals surface area contributed by atoms with E-state index in [0.29, 0.717) is 5.47 Å². The first-order chi connectivity index (χ1) is 11.8. The molecule has 0 aliphatic carbocycles. The Morgan fingerprint density at radius 3 is 2.35 bits per heavy atom. The molecule has 2 heterocycles. The molecule has 1 saturated heterocycles. The number of carbonyl (C=O) groups excluding carboxylic acids is 1. The third-order valence-corrected chi connectivity index (χ3v) is 4.60. The number of hydrogen-bond donors (Lipinski definition) is 1. The van der Waals surface area contributed by atoms with E-state index in [0.717, 1.165) is 18.5 Å². The topological polar surface area (TPSA) is 60.5 Å². The van der Waals surface area contributed by atoms with Crippen LogP contribution in [0.25, 0.3) is 6.08 Å². The number of carbonyl (C=O) groups is 1. The third-order valence-electron chi connectivity index (χ3n) is 4.60. The van der Waals surface area contributed by atoms with Crippen molar-refractivity contribution in [2.45, 2.75) is 52.0 Å².